The molecule has 0 aliphatic heterocycles. The van der Waals surface area contributed by atoms with Crippen molar-refractivity contribution < 1.29 is 18.7 Å². The Balaban J connectivity index is 1.94. The second kappa shape index (κ2) is 9.56. The van der Waals surface area contributed by atoms with Gasteiger partial charge >= 0.3 is 0 Å². The predicted molar refractivity (Wildman–Crippen MR) is 98.6 cm³/mol. The van der Waals surface area contributed by atoms with Crippen molar-refractivity contribution in [2.45, 2.75) is 20.3 Å². The van der Waals surface area contributed by atoms with Crippen LogP contribution in [0.2, 0.25) is 0 Å². The van der Waals surface area contributed by atoms with E-state index in [0.29, 0.717) is 18.7 Å². The summed E-state index contributed by atoms with van der Waals surface area (Å²) < 4.78 is 18.8. The molecular formula is C20H23FN2O3. The van der Waals surface area contributed by atoms with Gasteiger partial charge in [-0.2, -0.15) is 0 Å². The maximum absolute atomic E-state index is 13.6. The van der Waals surface area contributed by atoms with Crippen LogP contribution >= 0.6 is 0 Å². The van der Waals surface area contributed by atoms with Gasteiger partial charge in [0, 0.05) is 12.2 Å². The molecule has 0 bridgehead atoms. The molecule has 1 N–H and O–H groups in total. The SMILES string of the molecule is CCCN(CC(=O)Nc1ccccc1C)C(=O)COc1ccccc1F. The molecule has 26 heavy (non-hydrogen) atoms. The number of ether oxygens (including phenoxy) is 1. The summed E-state index contributed by atoms with van der Waals surface area (Å²) >= 11 is 0. The molecular weight excluding hydrogens is 335 g/mol. The molecule has 0 aromatic heterocycles. The summed E-state index contributed by atoms with van der Waals surface area (Å²) in [6, 6.07) is 13.3. The highest BCUT2D eigenvalue weighted by atomic mass is 19.1. The first-order valence-corrected chi connectivity index (χ1v) is 8.52. The smallest absolute Gasteiger partial charge is 0.260 e. The van der Waals surface area contributed by atoms with Crippen LogP contribution in [-0.4, -0.2) is 36.4 Å². The second-order valence-corrected chi connectivity index (χ2v) is 5.90. The molecule has 2 amide bonds. The molecule has 5 nitrogen and oxygen atoms in total. The molecule has 138 valence electrons. The highest BCUT2D eigenvalue weighted by Crippen LogP contribution is 2.16. The van der Waals surface area contributed by atoms with Crippen molar-refractivity contribution >= 4 is 17.5 Å². The van der Waals surface area contributed by atoms with Crippen LogP contribution in [0.15, 0.2) is 48.5 Å². The number of anilines is 1. The summed E-state index contributed by atoms with van der Waals surface area (Å²) in [6.07, 6.45) is 0.698. The van der Waals surface area contributed by atoms with Gasteiger partial charge in [-0.05, 0) is 37.1 Å². The number of rotatable bonds is 8. The molecule has 0 unspecified atom stereocenters. The number of halogens is 1. The third-order valence-electron chi connectivity index (χ3n) is 3.79. The standard InChI is InChI=1S/C20H23FN2O3/c1-3-12-23(13-19(24)22-17-10-6-4-8-15(17)2)20(25)14-26-18-11-7-5-9-16(18)21/h4-11H,3,12-14H2,1-2H3,(H,22,24). The molecule has 0 aliphatic rings. The third kappa shape index (κ3) is 5.58. The summed E-state index contributed by atoms with van der Waals surface area (Å²) in [4.78, 5) is 26.1. The highest BCUT2D eigenvalue weighted by molar-refractivity contribution is 5.95. The van der Waals surface area contributed by atoms with Crippen LogP contribution in [-0.2, 0) is 9.59 Å². The Morgan fingerprint density at radius 3 is 2.50 bits per heavy atom. The Labute approximate surface area is 152 Å². The van der Waals surface area contributed by atoms with Gasteiger partial charge in [-0.1, -0.05) is 37.3 Å². The third-order valence-corrected chi connectivity index (χ3v) is 3.79. The van der Waals surface area contributed by atoms with Crippen molar-refractivity contribution in [2.75, 3.05) is 25.0 Å². The number of hydrogen-bond donors (Lipinski definition) is 1. The lowest BCUT2D eigenvalue weighted by Gasteiger charge is -2.22. The molecule has 0 fully saturated rings. The number of benzene rings is 2. The molecule has 2 aromatic rings. The zero-order valence-electron chi connectivity index (χ0n) is 15.0. The molecule has 0 saturated heterocycles. The van der Waals surface area contributed by atoms with Crippen LogP contribution in [0.25, 0.3) is 0 Å². The van der Waals surface area contributed by atoms with Gasteiger partial charge in [0.1, 0.15) is 0 Å². The molecule has 0 radical (unpaired) electrons. The summed E-state index contributed by atoms with van der Waals surface area (Å²) in [5.74, 6) is -1.16. The number of nitrogens with one attached hydrogen (secondary N) is 1. The van der Waals surface area contributed by atoms with Gasteiger partial charge in [0.05, 0.1) is 6.54 Å². The largest absolute Gasteiger partial charge is 0.481 e. The van der Waals surface area contributed by atoms with Crippen LogP contribution in [0.4, 0.5) is 10.1 Å². The molecule has 0 spiro atoms. The van der Waals surface area contributed by atoms with Crippen LogP contribution < -0.4 is 10.1 Å². The van der Waals surface area contributed by atoms with Crippen LogP contribution in [0.3, 0.4) is 0 Å². The van der Waals surface area contributed by atoms with Crippen molar-refractivity contribution in [2.24, 2.45) is 0 Å². The maximum Gasteiger partial charge on any atom is 0.260 e. The summed E-state index contributed by atoms with van der Waals surface area (Å²) in [7, 11) is 0. The highest BCUT2D eigenvalue weighted by Gasteiger charge is 2.18. The number of carbonyl (C=O) groups is 2. The van der Waals surface area contributed by atoms with Crippen LogP contribution in [0.1, 0.15) is 18.9 Å². The van der Waals surface area contributed by atoms with Crippen molar-refractivity contribution in [3.63, 3.8) is 0 Å². The molecule has 2 rings (SSSR count). The first kappa shape index (κ1) is 19.4. The fourth-order valence-corrected chi connectivity index (χ4v) is 2.43. The van der Waals surface area contributed by atoms with Gasteiger partial charge < -0.3 is 15.0 Å². The zero-order valence-corrected chi connectivity index (χ0v) is 15.0. The van der Waals surface area contributed by atoms with Gasteiger partial charge in [-0.25, -0.2) is 4.39 Å². The Morgan fingerprint density at radius 1 is 1.12 bits per heavy atom. The molecule has 0 aliphatic carbocycles. The van der Waals surface area contributed by atoms with E-state index in [1.165, 1.54) is 17.0 Å². The lowest BCUT2D eigenvalue weighted by molar-refractivity contribution is -0.136. The molecule has 2 aromatic carbocycles. The molecule has 6 heteroatoms. The lowest BCUT2D eigenvalue weighted by Crippen LogP contribution is -2.41. The second-order valence-electron chi connectivity index (χ2n) is 5.90. The first-order chi connectivity index (χ1) is 12.5. The van der Waals surface area contributed by atoms with E-state index in [1.807, 2.05) is 32.0 Å². The van der Waals surface area contributed by atoms with E-state index in [0.717, 1.165) is 5.56 Å². The zero-order chi connectivity index (χ0) is 18.9. The molecule has 0 heterocycles. The Morgan fingerprint density at radius 2 is 1.81 bits per heavy atom. The minimum atomic E-state index is -0.528. The summed E-state index contributed by atoms with van der Waals surface area (Å²) in [5, 5.41) is 2.80. The fraction of sp³-hybridized carbons (Fsp3) is 0.300. The van der Waals surface area contributed by atoms with Gasteiger partial charge in [0.15, 0.2) is 18.2 Å². The molecule has 0 saturated carbocycles. The number of hydrogen-bond acceptors (Lipinski definition) is 3. The van der Waals surface area contributed by atoms with Gasteiger partial charge in [0.25, 0.3) is 5.91 Å². The fourth-order valence-electron chi connectivity index (χ4n) is 2.43. The van der Waals surface area contributed by atoms with Crippen molar-refractivity contribution in [3.05, 3.63) is 59.9 Å². The average molecular weight is 358 g/mol. The van der Waals surface area contributed by atoms with Gasteiger partial charge in [-0.3, -0.25) is 9.59 Å². The van der Waals surface area contributed by atoms with E-state index in [-0.39, 0.29) is 30.7 Å². The predicted octanol–water partition coefficient (Wildman–Crippen LogP) is 3.39. The van der Waals surface area contributed by atoms with E-state index in [4.69, 9.17) is 4.74 Å². The average Bonchev–Trinajstić information content (AvgIpc) is 2.62. The lowest BCUT2D eigenvalue weighted by atomic mass is 10.2. The van der Waals surface area contributed by atoms with Gasteiger partial charge in [-0.15, -0.1) is 0 Å². The van der Waals surface area contributed by atoms with Crippen molar-refractivity contribution in [3.8, 4) is 5.75 Å². The van der Waals surface area contributed by atoms with E-state index in [9.17, 15) is 14.0 Å². The number of amides is 2. The van der Waals surface area contributed by atoms with Gasteiger partial charge in [0.2, 0.25) is 5.91 Å². The molecule has 0 atom stereocenters. The van der Waals surface area contributed by atoms with Crippen molar-refractivity contribution in [1.29, 1.82) is 0 Å². The minimum Gasteiger partial charge on any atom is -0.481 e. The number of carbonyl (C=O) groups excluding carboxylic acids is 2. The van der Waals surface area contributed by atoms with E-state index < -0.39 is 5.82 Å². The topological polar surface area (TPSA) is 58.6 Å². The Kier molecular flexibility index (Phi) is 7.14. The van der Waals surface area contributed by atoms with E-state index in [1.54, 1.807) is 18.2 Å². The summed E-state index contributed by atoms with van der Waals surface area (Å²) in [5.41, 5.74) is 1.65. The quantitative estimate of drug-likeness (QED) is 0.787. The van der Waals surface area contributed by atoms with E-state index >= 15 is 0 Å². The number of para-hydroxylation sites is 2. The monoisotopic (exact) mass is 358 g/mol. The summed E-state index contributed by atoms with van der Waals surface area (Å²) in [6.45, 7) is 3.82. The number of nitrogens with zero attached hydrogens (tertiary/aromatic N) is 1. The minimum absolute atomic E-state index is 0.0154. The number of aryl methyl sites for hydroxylation is 1. The Bertz CT molecular complexity index is 764. The van der Waals surface area contributed by atoms with E-state index in [2.05, 4.69) is 5.32 Å². The maximum atomic E-state index is 13.6. The first-order valence-electron chi connectivity index (χ1n) is 8.52. The normalized spacial score (nSPS) is 10.3. The van der Waals surface area contributed by atoms with Crippen LogP contribution in [0.5, 0.6) is 5.75 Å². The van der Waals surface area contributed by atoms with Crippen LogP contribution in [0, 0.1) is 12.7 Å². The van der Waals surface area contributed by atoms with Crippen molar-refractivity contribution in [1.82, 2.24) is 4.90 Å². The Hall–Kier alpha value is -2.89.